The lowest BCUT2D eigenvalue weighted by molar-refractivity contribution is -0.145. The van der Waals surface area contributed by atoms with Crippen LogP contribution in [0.4, 0.5) is 0 Å². The van der Waals surface area contributed by atoms with Crippen LogP contribution >= 0.6 is 0 Å². The Bertz CT molecular complexity index is 826. The molecule has 1 heterocycles. The maximum Gasteiger partial charge on any atom is 0.451 e. The summed E-state index contributed by atoms with van der Waals surface area (Å²) in [5.41, 5.74) is 5.54. The molecule has 1 aromatic rings. The average Bonchev–Trinajstić information content (AvgIpc) is 2.67. The van der Waals surface area contributed by atoms with Gasteiger partial charge in [-0.2, -0.15) is 0 Å². The summed E-state index contributed by atoms with van der Waals surface area (Å²) in [6.45, 7) is 3.93. The quantitative estimate of drug-likeness (QED) is 0.300. The maximum absolute atomic E-state index is 12.5. The van der Waals surface area contributed by atoms with Gasteiger partial charge >= 0.3 is 13.1 Å². The Balaban J connectivity index is 1.98. The molecule has 1 fully saturated rings. The summed E-state index contributed by atoms with van der Waals surface area (Å²) in [4.78, 5) is 37.6. The Morgan fingerprint density at radius 1 is 1.29 bits per heavy atom. The van der Waals surface area contributed by atoms with Crippen molar-refractivity contribution in [2.45, 2.75) is 51.6 Å². The number of Topliss-reactive ketones (excluding diaryl/α,β-unsaturated/α-hetero) is 1. The number of ether oxygens (including phenoxy) is 1. The first-order valence-electron chi connectivity index (χ1n) is 10.2. The van der Waals surface area contributed by atoms with Crippen molar-refractivity contribution in [1.82, 2.24) is 4.90 Å². The van der Waals surface area contributed by atoms with E-state index in [9.17, 15) is 24.6 Å². The Labute approximate surface area is 180 Å². The number of carboxylic acid groups (broad SMARTS) is 1. The highest BCUT2D eigenvalue weighted by atomic mass is 16.5. The number of nitrogens with two attached hydrogens (primary N) is 1. The number of aromatic hydroxyl groups is 1. The van der Waals surface area contributed by atoms with E-state index in [-0.39, 0.29) is 55.3 Å². The van der Waals surface area contributed by atoms with Crippen molar-refractivity contribution in [3.05, 3.63) is 23.3 Å². The van der Waals surface area contributed by atoms with Gasteiger partial charge in [-0.1, -0.05) is 19.9 Å². The molecule has 1 saturated heterocycles. The van der Waals surface area contributed by atoms with Crippen LogP contribution < -0.4 is 10.5 Å². The molecule has 0 aromatic heterocycles. The third kappa shape index (κ3) is 6.19. The normalized spacial score (nSPS) is 15.7. The number of aromatic carboxylic acids is 1. The number of carbonyl (C=O) groups is 3. The first kappa shape index (κ1) is 24.6. The lowest BCUT2D eigenvalue weighted by atomic mass is 9.82. The first-order valence-corrected chi connectivity index (χ1v) is 10.2. The summed E-state index contributed by atoms with van der Waals surface area (Å²) < 4.78 is 5.68. The molecule has 6 N–H and O–H groups in total. The number of hydrogen-bond acceptors (Lipinski definition) is 8. The minimum Gasteiger partial charge on any atom is -0.507 e. The van der Waals surface area contributed by atoms with Crippen molar-refractivity contribution >= 4 is 24.8 Å². The molecule has 0 aliphatic carbocycles. The van der Waals surface area contributed by atoms with Crippen molar-refractivity contribution in [2.24, 2.45) is 11.7 Å². The fraction of sp³-hybridized carbons (Fsp3) is 0.550. The molecule has 0 radical (unpaired) electrons. The third-order valence-electron chi connectivity index (χ3n) is 5.34. The third-order valence-corrected chi connectivity index (χ3v) is 5.34. The van der Waals surface area contributed by atoms with Gasteiger partial charge in [0.2, 0.25) is 5.91 Å². The van der Waals surface area contributed by atoms with Gasteiger partial charge in [0.1, 0.15) is 28.9 Å². The van der Waals surface area contributed by atoms with Gasteiger partial charge in [-0.3, -0.25) is 9.59 Å². The van der Waals surface area contributed by atoms with E-state index in [1.165, 1.54) is 17.0 Å². The Morgan fingerprint density at radius 3 is 2.48 bits per heavy atom. The number of phenols is 1. The van der Waals surface area contributed by atoms with Crippen LogP contribution in [0.2, 0.25) is 6.32 Å². The standard InChI is InChI=1S/C20H29BN2O8/c1-3-14(22)15(24)8-11(2)19(26)23-9-13(10-23)31-16-5-4-12(6-7-21(29)30)18(25)17(16)20(27)28/h4-5,11,13-14,25,29-30H,3,6-10,22H2,1-2H3,(H,27,28)/t11-,14+/m0/s1. The van der Waals surface area contributed by atoms with E-state index in [0.717, 1.165) is 0 Å². The van der Waals surface area contributed by atoms with E-state index >= 15 is 0 Å². The summed E-state index contributed by atoms with van der Waals surface area (Å²) in [6, 6.07) is 2.29. The SMILES string of the molecule is CC[C@@H](N)C(=O)C[C@H](C)C(=O)N1CC(Oc2ccc(CCB(O)O)c(O)c2C(=O)O)C1. The number of likely N-dealkylation sites (tertiary alicyclic amines) is 1. The molecule has 0 bridgehead atoms. The lowest BCUT2D eigenvalue weighted by Crippen LogP contribution is -2.57. The number of nitrogens with zero attached hydrogens (tertiary/aromatic N) is 1. The van der Waals surface area contributed by atoms with Gasteiger partial charge in [-0.15, -0.1) is 0 Å². The molecule has 0 spiro atoms. The second-order valence-corrected chi connectivity index (χ2v) is 7.84. The summed E-state index contributed by atoms with van der Waals surface area (Å²) in [6.07, 6.45) is 0.145. The van der Waals surface area contributed by atoms with E-state index in [0.29, 0.717) is 6.42 Å². The highest BCUT2D eigenvalue weighted by Gasteiger charge is 2.36. The fourth-order valence-electron chi connectivity index (χ4n) is 3.36. The Kier molecular flexibility index (Phi) is 8.43. The van der Waals surface area contributed by atoms with Gasteiger partial charge in [-0.05, 0) is 30.8 Å². The largest absolute Gasteiger partial charge is 0.507 e. The zero-order chi connectivity index (χ0) is 23.3. The van der Waals surface area contributed by atoms with Gasteiger partial charge < -0.3 is 35.6 Å². The summed E-state index contributed by atoms with van der Waals surface area (Å²) in [7, 11) is -1.57. The van der Waals surface area contributed by atoms with Crippen molar-refractivity contribution in [3.8, 4) is 11.5 Å². The highest BCUT2D eigenvalue weighted by Crippen LogP contribution is 2.34. The molecule has 170 valence electrons. The van der Waals surface area contributed by atoms with Crippen molar-refractivity contribution in [3.63, 3.8) is 0 Å². The number of aryl methyl sites for hydroxylation is 1. The molecule has 1 aliphatic rings. The molecule has 2 rings (SSSR count). The van der Waals surface area contributed by atoms with Crippen LogP contribution in [0.5, 0.6) is 11.5 Å². The second kappa shape index (κ2) is 10.6. The summed E-state index contributed by atoms with van der Waals surface area (Å²) in [5, 5.41) is 37.7. The van der Waals surface area contributed by atoms with E-state index in [2.05, 4.69) is 0 Å². The van der Waals surface area contributed by atoms with Crippen LogP contribution in [0.25, 0.3) is 0 Å². The number of ketones is 1. The molecule has 2 atom stereocenters. The summed E-state index contributed by atoms with van der Waals surface area (Å²) in [5.74, 6) is -2.77. The number of carbonyl (C=O) groups excluding carboxylic acids is 2. The molecule has 1 amide bonds. The van der Waals surface area contributed by atoms with Crippen LogP contribution in [0, 0.1) is 5.92 Å². The molecule has 1 aliphatic heterocycles. The van der Waals surface area contributed by atoms with Gasteiger partial charge in [0.05, 0.1) is 19.1 Å². The van der Waals surface area contributed by atoms with E-state index in [4.69, 9.17) is 20.5 Å². The summed E-state index contributed by atoms with van der Waals surface area (Å²) >= 11 is 0. The zero-order valence-electron chi connectivity index (χ0n) is 17.7. The average molecular weight is 436 g/mol. The maximum atomic E-state index is 12.5. The predicted octanol–water partition coefficient (Wildman–Crippen LogP) is 0.0279. The fourth-order valence-corrected chi connectivity index (χ4v) is 3.36. The Hall–Kier alpha value is -2.63. The zero-order valence-corrected chi connectivity index (χ0v) is 17.7. The minimum atomic E-state index is -1.57. The number of carboxylic acids is 1. The molecular formula is C20H29BN2O8. The first-order chi connectivity index (χ1) is 14.5. The second-order valence-electron chi connectivity index (χ2n) is 7.84. The van der Waals surface area contributed by atoms with E-state index < -0.39 is 42.5 Å². The molecule has 0 saturated carbocycles. The molecular weight excluding hydrogens is 407 g/mol. The number of rotatable bonds is 11. The van der Waals surface area contributed by atoms with Gasteiger partial charge in [0, 0.05) is 12.3 Å². The molecule has 0 unspecified atom stereocenters. The molecule has 1 aromatic carbocycles. The van der Waals surface area contributed by atoms with E-state index in [1.807, 2.05) is 0 Å². The van der Waals surface area contributed by atoms with E-state index in [1.54, 1.807) is 13.8 Å². The van der Waals surface area contributed by atoms with Crippen LogP contribution in [0.3, 0.4) is 0 Å². The van der Waals surface area contributed by atoms with Crippen molar-refractivity contribution in [2.75, 3.05) is 13.1 Å². The highest BCUT2D eigenvalue weighted by molar-refractivity contribution is 6.41. The van der Waals surface area contributed by atoms with Gasteiger partial charge in [0.25, 0.3) is 0 Å². The molecule has 10 nitrogen and oxygen atoms in total. The molecule has 11 heteroatoms. The lowest BCUT2D eigenvalue weighted by Gasteiger charge is -2.40. The Morgan fingerprint density at radius 2 is 1.94 bits per heavy atom. The monoisotopic (exact) mass is 436 g/mol. The van der Waals surface area contributed by atoms with Crippen LogP contribution in [0.1, 0.15) is 42.6 Å². The topological polar surface area (TPSA) is 171 Å². The van der Waals surface area contributed by atoms with Crippen LogP contribution in [-0.2, 0) is 16.0 Å². The van der Waals surface area contributed by atoms with Gasteiger partial charge in [-0.25, -0.2) is 4.79 Å². The predicted molar refractivity (Wildman–Crippen MR) is 112 cm³/mol. The minimum absolute atomic E-state index is 0.0347. The van der Waals surface area contributed by atoms with Crippen molar-refractivity contribution < 1.29 is 39.4 Å². The van der Waals surface area contributed by atoms with Gasteiger partial charge in [0.15, 0.2) is 0 Å². The van der Waals surface area contributed by atoms with Crippen LogP contribution in [0.15, 0.2) is 12.1 Å². The number of hydrogen-bond donors (Lipinski definition) is 5. The van der Waals surface area contributed by atoms with Crippen molar-refractivity contribution in [1.29, 1.82) is 0 Å². The smallest absolute Gasteiger partial charge is 0.451 e. The van der Waals surface area contributed by atoms with Crippen LogP contribution in [-0.4, -0.2) is 75.2 Å². The molecule has 31 heavy (non-hydrogen) atoms. The number of amides is 1. The number of benzene rings is 1.